The summed E-state index contributed by atoms with van der Waals surface area (Å²) in [7, 11) is 0. The van der Waals surface area contributed by atoms with Gasteiger partial charge in [0.05, 0.1) is 29.9 Å². The van der Waals surface area contributed by atoms with E-state index in [1.165, 1.54) is 12.8 Å². The van der Waals surface area contributed by atoms with Crippen LogP contribution in [0.3, 0.4) is 0 Å². The van der Waals surface area contributed by atoms with E-state index in [0.29, 0.717) is 38.7 Å². The highest BCUT2D eigenvalue weighted by atomic mass is 19.1. The zero-order chi connectivity index (χ0) is 33.2. The number of benzene rings is 2. The Bertz CT molecular complexity index is 1700. The number of aromatic nitrogens is 2. The number of anilines is 2. The van der Waals surface area contributed by atoms with Crippen LogP contribution in [-0.4, -0.2) is 88.4 Å². The first-order valence-corrected chi connectivity index (χ1v) is 18.1. The molecule has 10 heteroatoms. The van der Waals surface area contributed by atoms with E-state index >= 15 is 4.39 Å². The summed E-state index contributed by atoms with van der Waals surface area (Å²) in [5, 5.41) is 2.05. The highest BCUT2D eigenvalue weighted by Crippen LogP contribution is 2.41. The van der Waals surface area contributed by atoms with Crippen molar-refractivity contribution < 1.29 is 18.7 Å². The number of carbonyl (C=O) groups is 1. The predicted molar refractivity (Wildman–Crippen MR) is 185 cm³/mol. The molecule has 2 aromatic carbocycles. The molecular formula is C38H49FN6O3. The lowest BCUT2D eigenvalue weighted by atomic mass is 9.95. The fourth-order valence-electron chi connectivity index (χ4n) is 9.29. The van der Waals surface area contributed by atoms with Crippen molar-refractivity contribution in [2.45, 2.75) is 109 Å². The van der Waals surface area contributed by atoms with Crippen molar-refractivity contribution in [1.82, 2.24) is 19.8 Å². The molecule has 256 valence electrons. The van der Waals surface area contributed by atoms with Gasteiger partial charge in [0.1, 0.15) is 23.8 Å². The van der Waals surface area contributed by atoms with Gasteiger partial charge in [-0.05, 0) is 108 Å². The van der Waals surface area contributed by atoms with Crippen molar-refractivity contribution in [2.75, 3.05) is 49.1 Å². The quantitative estimate of drug-likeness (QED) is 0.298. The van der Waals surface area contributed by atoms with E-state index in [4.69, 9.17) is 19.4 Å². The number of amides is 1. The molecule has 0 aliphatic carbocycles. The highest BCUT2D eigenvalue weighted by molar-refractivity contribution is 5.97. The first-order valence-electron chi connectivity index (χ1n) is 18.1. The molecule has 4 saturated heterocycles. The van der Waals surface area contributed by atoms with Crippen molar-refractivity contribution in [1.29, 1.82) is 0 Å². The van der Waals surface area contributed by atoms with Gasteiger partial charge in [-0.25, -0.2) is 9.18 Å². The van der Waals surface area contributed by atoms with Crippen molar-refractivity contribution in [3.63, 3.8) is 0 Å². The normalized spacial score (nSPS) is 23.5. The fraction of sp³-hybridized carbons (Fsp3) is 0.605. The standard InChI is InChI=1S/C38H49FN6O3/c1-5-28-30(39)14-11-25-9-6-10-32(33(25)28)42-20-15-29-31(23-42)40-35(47-24-38-16-7-18-44(38)19-8-17-38)41-34(29)43-21-26-12-13-27(22-43)45(26)36(46)48-37(2,3)4/h6,9-11,14,26-27H,5,7-8,12-13,15-24H2,1-4H3/t26-,27+. The minimum absolute atomic E-state index is 0.0798. The highest BCUT2D eigenvalue weighted by Gasteiger charge is 2.47. The minimum atomic E-state index is -0.529. The first kappa shape index (κ1) is 31.6. The van der Waals surface area contributed by atoms with Crippen LogP contribution in [0.2, 0.25) is 0 Å². The Balaban J connectivity index is 1.13. The molecular weight excluding hydrogens is 607 g/mol. The fourth-order valence-corrected chi connectivity index (χ4v) is 9.29. The topological polar surface area (TPSA) is 74.3 Å². The lowest BCUT2D eigenvalue weighted by Crippen LogP contribution is -2.57. The zero-order valence-electron chi connectivity index (χ0n) is 28.9. The number of hydrogen-bond donors (Lipinski definition) is 0. The second kappa shape index (κ2) is 12.0. The molecule has 0 N–H and O–H groups in total. The number of nitrogens with zero attached hydrogens (tertiary/aromatic N) is 6. The molecule has 0 saturated carbocycles. The number of halogens is 1. The van der Waals surface area contributed by atoms with Gasteiger partial charge in [-0.2, -0.15) is 9.97 Å². The zero-order valence-corrected chi connectivity index (χ0v) is 28.9. The van der Waals surface area contributed by atoms with E-state index in [1.807, 2.05) is 38.7 Å². The third-order valence-electron chi connectivity index (χ3n) is 11.5. The summed E-state index contributed by atoms with van der Waals surface area (Å²) in [5.74, 6) is 0.795. The van der Waals surface area contributed by atoms with Crippen molar-refractivity contribution in [3.8, 4) is 6.01 Å². The smallest absolute Gasteiger partial charge is 0.410 e. The second-order valence-electron chi connectivity index (χ2n) is 15.6. The number of rotatable bonds is 6. The van der Waals surface area contributed by atoms with Crippen molar-refractivity contribution in [3.05, 3.63) is 53.0 Å². The van der Waals surface area contributed by atoms with Crippen LogP contribution in [-0.2, 0) is 24.1 Å². The van der Waals surface area contributed by atoms with E-state index in [-0.39, 0.29) is 29.5 Å². The molecule has 0 unspecified atom stereocenters. The molecule has 0 spiro atoms. The molecule has 4 fully saturated rings. The molecule has 5 aliphatic heterocycles. The van der Waals surface area contributed by atoms with Crippen LogP contribution in [0.4, 0.5) is 20.7 Å². The van der Waals surface area contributed by atoms with Crippen LogP contribution < -0.4 is 14.5 Å². The average molecular weight is 657 g/mol. The van der Waals surface area contributed by atoms with Gasteiger partial charge in [0.25, 0.3) is 0 Å². The van der Waals surface area contributed by atoms with E-state index in [2.05, 4.69) is 32.9 Å². The lowest BCUT2D eigenvalue weighted by molar-refractivity contribution is 0.0122. The van der Waals surface area contributed by atoms with Crippen LogP contribution in [0.25, 0.3) is 10.8 Å². The SMILES string of the molecule is CCc1c(F)ccc2cccc(N3CCc4c(nc(OCC56CCCN5CCC6)nc4N4C[C@H]5CC[C@@H](C4)N5C(=O)OC(C)(C)C)C3)c12. The Morgan fingerprint density at radius 2 is 1.75 bits per heavy atom. The van der Waals surface area contributed by atoms with Crippen LogP contribution in [0.1, 0.15) is 83.0 Å². The molecule has 8 rings (SSSR count). The Labute approximate surface area is 283 Å². The number of piperazine rings is 1. The predicted octanol–water partition coefficient (Wildman–Crippen LogP) is 6.49. The Kier molecular flexibility index (Phi) is 7.92. The van der Waals surface area contributed by atoms with Gasteiger partial charge in [0, 0.05) is 36.3 Å². The first-order chi connectivity index (χ1) is 23.1. The summed E-state index contributed by atoms with van der Waals surface area (Å²) in [6.07, 6.45) is 7.85. The van der Waals surface area contributed by atoms with Gasteiger partial charge in [-0.15, -0.1) is 0 Å². The summed E-state index contributed by atoms with van der Waals surface area (Å²) in [4.78, 5) is 32.8. The number of carbonyl (C=O) groups excluding carboxylic acids is 1. The Morgan fingerprint density at radius 3 is 2.46 bits per heavy atom. The monoisotopic (exact) mass is 656 g/mol. The number of hydrogen-bond acceptors (Lipinski definition) is 8. The summed E-state index contributed by atoms with van der Waals surface area (Å²) in [6, 6.07) is 10.3. The molecule has 2 bridgehead atoms. The largest absolute Gasteiger partial charge is 0.461 e. The van der Waals surface area contributed by atoms with E-state index in [9.17, 15) is 4.79 Å². The number of aryl methyl sites for hydroxylation is 1. The molecule has 1 amide bonds. The maximum atomic E-state index is 15.1. The van der Waals surface area contributed by atoms with Crippen LogP contribution >= 0.6 is 0 Å². The van der Waals surface area contributed by atoms with E-state index in [1.54, 1.807) is 6.07 Å². The Morgan fingerprint density at radius 1 is 1.00 bits per heavy atom. The summed E-state index contributed by atoms with van der Waals surface area (Å²) in [5.41, 5.74) is 3.50. The maximum Gasteiger partial charge on any atom is 0.410 e. The third kappa shape index (κ3) is 5.53. The third-order valence-corrected chi connectivity index (χ3v) is 11.5. The van der Waals surface area contributed by atoms with E-state index in [0.717, 1.165) is 90.8 Å². The van der Waals surface area contributed by atoms with Gasteiger partial charge in [-0.1, -0.05) is 25.1 Å². The lowest BCUT2D eigenvalue weighted by Gasteiger charge is -2.43. The van der Waals surface area contributed by atoms with Crippen molar-refractivity contribution in [2.24, 2.45) is 0 Å². The molecule has 9 nitrogen and oxygen atoms in total. The molecule has 6 heterocycles. The van der Waals surface area contributed by atoms with Gasteiger partial charge in [0.2, 0.25) is 0 Å². The van der Waals surface area contributed by atoms with Crippen LogP contribution in [0, 0.1) is 5.82 Å². The van der Waals surface area contributed by atoms with Gasteiger partial charge < -0.3 is 19.3 Å². The number of fused-ring (bicyclic) bond motifs is 5. The van der Waals surface area contributed by atoms with E-state index < -0.39 is 5.60 Å². The second-order valence-corrected chi connectivity index (χ2v) is 15.6. The molecule has 1 aromatic heterocycles. The maximum absolute atomic E-state index is 15.1. The molecule has 0 radical (unpaired) electrons. The van der Waals surface area contributed by atoms with Gasteiger partial charge >= 0.3 is 12.1 Å². The average Bonchev–Trinajstić information content (AvgIpc) is 3.72. The van der Waals surface area contributed by atoms with Gasteiger partial charge in [0.15, 0.2) is 0 Å². The molecule has 2 atom stereocenters. The Hall–Kier alpha value is -3.66. The van der Waals surface area contributed by atoms with Crippen LogP contribution in [0.5, 0.6) is 6.01 Å². The molecule has 5 aliphatic rings. The molecule has 3 aromatic rings. The van der Waals surface area contributed by atoms with Crippen LogP contribution in [0.15, 0.2) is 30.3 Å². The molecule has 48 heavy (non-hydrogen) atoms. The summed E-state index contributed by atoms with van der Waals surface area (Å²) >= 11 is 0. The van der Waals surface area contributed by atoms with Crippen molar-refractivity contribution >= 4 is 28.4 Å². The number of ether oxygens (including phenoxy) is 2. The minimum Gasteiger partial charge on any atom is -0.461 e. The van der Waals surface area contributed by atoms with Gasteiger partial charge in [-0.3, -0.25) is 9.80 Å². The summed E-state index contributed by atoms with van der Waals surface area (Å²) in [6.45, 7) is 13.5. The summed E-state index contributed by atoms with van der Waals surface area (Å²) < 4.78 is 27.5.